The van der Waals surface area contributed by atoms with E-state index >= 15 is 0 Å². The molecule has 0 radical (unpaired) electrons. The number of rotatable bonds is 6. The van der Waals surface area contributed by atoms with Crippen LogP contribution in [0.5, 0.6) is 0 Å². The topological polar surface area (TPSA) is 76.4 Å². The normalized spacial score (nSPS) is 12.3. The fourth-order valence-corrected chi connectivity index (χ4v) is 3.35. The summed E-state index contributed by atoms with van der Waals surface area (Å²) in [6.07, 6.45) is -0.467. The van der Waals surface area contributed by atoms with Crippen LogP contribution in [0.4, 0.5) is 5.95 Å². The first-order chi connectivity index (χ1) is 11.6. The Morgan fingerprint density at radius 1 is 1.38 bits per heavy atom. The molecule has 2 heterocycles. The molecular weight excluding hydrogens is 326 g/mol. The lowest BCUT2D eigenvalue weighted by atomic mass is 10.3. The molecule has 2 N–H and O–H groups in total. The third-order valence-electron chi connectivity index (χ3n) is 3.57. The molecule has 126 valence electrons. The van der Waals surface area contributed by atoms with E-state index in [2.05, 4.69) is 10.3 Å². The van der Waals surface area contributed by atoms with Crippen LogP contribution in [-0.2, 0) is 11.3 Å². The lowest BCUT2D eigenvalue weighted by Gasteiger charge is -2.11. The van der Waals surface area contributed by atoms with Crippen molar-refractivity contribution >= 4 is 34.3 Å². The van der Waals surface area contributed by atoms with Gasteiger partial charge in [-0.2, -0.15) is 0 Å². The molecule has 3 aromatic rings. The number of benzene rings is 1. The predicted octanol–water partition coefficient (Wildman–Crippen LogP) is 2.73. The Morgan fingerprint density at radius 3 is 2.92 bits per heavy atom. The summed E-state index contributed by atoms with van der Waals surface area (Å²) in [4.78, 5) is 17.8. The number of aliphatic hydroxyl groups is 1. The number of nitrogens with zero attached hydrogens (tertiary/aromatic N) is 2. The van der Waals surface area contributed by atoms with E-state index < -0.39 is 6.10 Å². The Morgan fingerprint density at radius 2 is 2.17 bits per heavy atom. The van der Waals surface area contributed by atoms with Crippen LogP contribution in [0.15, 0.2) is 36.4 Å². The third-order valence-corrected chi connectivity index (χ3v) is 4.62. The second-order valence-corrected chi connectivity index (χ2v) is 6.67. The third kappa shape index (κ3) is 3.42. The van der Waals surface area contributed by atoms with Gasteiger partial charge in [-0.25, -0.2) is 9.78 Å². The largest absolute Gasteiger partial charge is 0.465 e. The van der Waals surface area contributed by atoms with Gasteiger partial charge in [0.2, 0.25) is 5.95 Å². The van der Waals surface area contributed by atoms with Gasteiger partial charge < -0.3 is 19.7 Å². The van der Waals surface area contributed by atoms with Crippen LogP contribution in [-0.4, -0.2) is 40.4 Å². The quantitative estimate of drug-likeness (QED) is 0.672. The van der Waals surface area contributed by atoms with Gasteiger partial charge in [-0.1, -0.05) is 12.1 Å². The van der Waals surface area contributed by atoms with E-state index in [0.717, 1.165) is 15.9 Å². The molecule has 1 aromatic carbocycles. The maximum Gasteiger partial charge on any atom is 0.348 e. The van der Waals surface area contributed by atoms with Crippen molar-refractivity contribution < 1.29 is 14.6 Å². The summed E-state index contributed by atoms with van der Waals surface area (Å²) >= 11 is 1.41. The van der Waals surface area contributed by atoms with Gasteiger partial charge in [-0.3, -0.25) is 0 Å². The van der Waals surface area contributed by atoms with Crippen molar-refractivity contribution in [3.8, 4) is 0 Å². The molecule has 0 fully saturated rings. The average molecular weight is 345 g/mol. The number of hydrogen-bond donors (Lipinski definition) is 2. The van der Waals surface area contributed by atoms with E-state index in [0.29, 0.717) is 23.9 Å². The molecule has 0 aliphatic rings. The van der Waals surface area contributed by atoms with E-state index in [9.17, 15) is 9.90 Å². The van der Waals surface area contributed by atoms with Gasteiger partial charge in [0.25, 0.3) is 0 Å². The number of para-hydroxylation sites is 2. The first-order valence-corrected chi connectivity index (χ1v) is 8.44. The fraction of sp³-hybridized carbons (Fsp3) is 0.294. The van der Waals surface area contributed by atoms with E-state index in [1.807, 2.05) is 34.9 Å². The number of anilines is 1. The lowest BCUT2D eigenvalue weighted by Crippen LogP contribution is -2.18. The van der Waals surface area contributed by atoms with Gasteiger partial charge in [-0.15, -0.1) is 11.3 Å². The highest BCUT2D eigenvalue weighted by Gasteiger charge is 2.14. The zero-order valence-electron chi connectivity index (χ0n) is 13.5. The molecule has 0 amide bonds. The minimum absolute atomic E-state index is 0.325. The minimum Gasteiger partial charge on any atom is -0.465 e. The summed E-state index contributed by atoms with van der Waals surface area (Å²) < 4.78 is 6.80. The smallest absolute Gasteiger partial charge is 0.348 e. The van der Waals surface area contributed by atoms with Crippen LogP contribution in [0.3, 0.4) is 0 Å². The summed E-state index contributed by atoms with van der Waals surface area (Å²) in [5.74, 6) is 0.374. The van der Waals surface area contributed by atoms with E-state index in [-0.39, 0.29) is 5.97 Å². The van der Waals surface area contributed by atoms with Crippen LogP contribution >= 0.6 is 11.3 Å². The Balaban J connectivity index is 1.93. The average Bonchev–Trinajstić information content (AvgIpc) is 3.18. The first kappa shape index (κ1) is 16.5. The molecule has 0 aliphatic carbocycles. The molecule has 3 rings (SSSR count). The van der Waals surface area contributed by atoms with Crippen LogP contribution in [0.25, 0.3) is 11.0 Å². The van der Waals surface area contributed by atoms with Gasteiger partial charge in [-0.05, 0) is 31.2 Å². The molecule has 0 spiro atoms. The summed E-state index contributed by atoms with van der Waals surface area (Å²) in [6.45, 7) is 2.73. The number of methoxy groups -OCH3 is 1. The van der Waals surface area contributed by atoms with Crippen molar-refractivity contribution in [3.05, 3.63) is 46.2 Å². The summed E-state index contributed by atoms with van der Waals surface area (Å²) in [5, 5.41) is 12.7. The fourth-order valence-electron chi connectivity index (χ4n) is 2.44. The zero-order valence-corrected chi connectivity index (χ0v) is 14.3. The van der Waals surface area contributed by atoms with Crippen LogP contribution in [0, 0.1) is 0 Å². The van der Waals surface area contributed by atoms with E-state index in [1.54, 1.807) is 13.0 Å². The molecule has 2 aromatic heterocycles. The number of imidazole rings is 1. The molecule has 0 saturated carbocycles. The summed E-state index contributed by atoms with van der Waals surface area (Å²) in [6, 6.07) is 11.6. The first-order valence-electron chi connectivity index (χ1n) is 7.62. The van der Waals surface area contributed by atoms with Crippen molar-refractivity contribution in [2.75, 3.05) is 19.0 Å². The Labute approximate surface area is 143 Å². The zero-order chi connectivity index (χ0) is 17.1. The Hall–Kier alpha value is -2.38. The number of thiophene rings is 1. The van der Waals surface area contributed by atoms with Crippen molar-refractivity contribution in [1.29, 1.82) is 0 Å². The SMILES string of the molecule is COC(=O)c1ccc(Cn2c(NC[C@H](C)O)nc3ccccc32)s1. The van der Waals surface area contributed by atoms with Crippen molar-refractivity contribution in [1.82, 2.24) is 9.55 Å². The van der Waals surface area contributed by atoms with Gasteiger partial charge in [0.15, 0.2) is 0 Å². The van der Waals surface area contributed by atoms with Crippen molar-refractivity contribution in [2.45, 2.75) is 19.6 Å². The second-order valence-electron chi connectivity index (χ2n) is 5.50. The minimum atomic E-state index is -0.467. The number of esters is 1. The Kier molecular flexibility index (Phi) is 4.82. The van der Waals surface area contributed by atoms with Gasteiger partial charge in [0.05, 0.1) is 30.8 Å². The highest BCUT2D eigenvalue weighted by molar-refractivity contribution is 7.13. The molecule has 0 saturated heterocycles. The molecule has 6 nitrogen and oxygen atoms in total. The van der Waals surface area contributed by atoms with Crippen LogP contribution in [0.2, 0.25) is 0 Å². The van der Waals surface area contributed by atoms with Gasteiger partial charge in [0.1, 0.15) is 4.88 Å². The number of aliphatic hydroxyl groups excluding tert-OH is 1. The predicted molar refractivity (Wildman–Crippen MR) is 94.7 cm³/mol. The molecule has 0 bridgehead atoms. The van der Waals surface area contributed by atoms with Crippen molar-refractivity contribution in [2.24, 2.45) is 0 Å². The van der Waals surface area contributed by atoms with Gasteiger partial charge >= 0.3 is 5.97 Å². The number of hydrogen-bond acceptors (Lipinski definition) is 6. The van der Waals surface area contributed by atoms with Crippen molar-refractivity contribution in [3.63, 3.8) is 0 Å². The molecule has 1 atom stereocenters. The standard InChI is InChI=1S/C17H19N3O3S/c1-11(21)9-18-17-19-13-5-3-4-6-14(13)20(17)10-12-7-8-15(24-12)16(22)23-2/h3-8,11,21H,9-10H2,1-2H3,(H,18,19)/t11-/m0/s1. The number of ether oxygens (including phenoxy) is 1. The summed E-state index contributed by atoms with van der Waals surface area (Å²) in [7, 11) is 1.38. The lowest BCUT2D eigenvalue weighted by molar-refractivity contribution is 0.0606. The summed E-state index contributed by atoms with van der Waals surface area (Å²) in [5.41, 5.74) is 1.88. The molecule has 0 aliphatic heterocycles. The van der Waals surface area contributed by atoms with E-state index in [1.165, 1.54) is 18.4 Å². The number of carbonyl (C=O) groups excluding carboxylic acids is 1. The molecule has 24 heavy (non-hydrogen) atoms. The van der Waals surface area contributed by atoms with Gasteiger partial charge in [0, 0.05) is 11.4 Å². The van der Waals surface area contributed by atoms with E-state index in [4.69, 9.17) is 4.74 Å². The number of nitrogens with one attached hydrogen (secondary N) is 1. The van der Waals surface area contributed by atoms with Crippen LogP contribution in [0.1, 0.15) is 21.5 Å². The Bertz CT molecular complexity index is 854. The highest BCUT2D eigenvalue weighted by atomic mass is 32.1. The second kappa shape index (κ2) is 7.02. The maximum absolute atomic E-state index is 11.6. The molecular formula is C17H19N3O3S. The molecule has 7 heteroatoms. The number of fused-ring (bicyclic) bond motifs is 1. The monoisotopic (exact) mass is 345 g/mol. The number of aromatic nitrogens is 2. The molecule has 0 unspecified atom stereocenters. The highest BCUT2D eigenvalue weighted by Crippen LogP contribution is 2.24. The number of carbonyl (C=O) groups is 1. The maximum atomic E-state index is 11.6. The van der Waals surface area contributed by atoms with Crippen LogP contribution < -0.4 is 5.32 Å².